The first-order chi connectivity index (χ1) is 22.4. The minimum Gasteiger partial charge on any atom is -0.385 e. The summed E-state index contributed by atoms with van der Waals surface area (Å²) in [4.78, 5) is 24.9. The van der Waals surface area contributed by atoms with Crippen molar-refractivity contribution in [2.24, 2.45) is 16.7 Å². The van der Waals surface area contributed by atoms with E-state index in [2.05, 4.69) is 71.7 Å². The molecule has 256 valence electrons. The third-order valence-electron chi connectivity index (χ3n) is 10.0. The molecule has 3 unspecified atom stereocenters. The molecule has 0 radical (unpaired) electrons. The Hall–Kier alpha value is -3.78. The van der Waals surface area contributed by atoms with Crippen LogP contribution in [0.2, 0.25) is 0 Å². The second kappa shape index (κ2) is 16.1. The molecule has 0 spiro atoms. The van der Waals surface area contributed by atoms with Gasteiger partial charge in [-0.1, -0.05) is 101 Å². The van der Waals surface area contributed by atoms with Crippen molar-refractivity contribution in [3.05, 3.63) is 128 Å². The molecule has 0 amide bonds. The summed E-state index contributed by atoms with van der Waals surface area (Å²) >= 11 is 0. The lowest BCUT2D eigenvalue weighted by Gasteiger charge is -2.37. The maximum Gasteiger partial charge on any atom is 0.187 e. The molecule has 4 nitrogen and oxygen atoms in total. The Morgan fingerprint density at radius 3 is 2.19 bits per heavy atom. The van der Waals surface area contributed by atoms with Crippen molar-refractivity contribution >= 4 is 11.6 Å². The van der Waals surface area contributed by atoms with E-state index in [4.69, 9.17) is 0 Å². The van der Waals surface area contributed by atoms with Gasteiger partial charge in [-0.3, -0.25) is 9.59 Å². The standard InChI is InChI=1S/C44H56O4/c1-12-30(5)36(25-38-32(7)42(48)40(46)27-44(38,10)11)33(13-2)23-35-24-34(35)20-15-14-17-28(3)18-16-19-29(4)21-22-37-31(6)41(47)39(45)26-43(37,8)9/h12,14-17,19-22,34,39-40,45-46H,1,13,24-27H2,2-11H3/b17-14+,20-15+,22-21+,29-19+,36-30+. The second-order valence-electron chi connectivity index (χ2n) is 14.9. The van der Waals surface area contributed by atoms with Crippen LogP contribution in [-0.2, 0) is 9.59 Å². The van der Waals surface area contributed by atoms with Crippen LogP contribution in [0.1, 0.15) is 101 Å². The molecule has 0 aromatic carbocycles. The predicted molar refractivity (Wildman–Crippen MR) is 199 cm³/mol. The van der Waals surface area contributed by atoms with Crippen molar-refractivity contribution in [3.63, 3.8) is 0 Å². The average Bonchev–Trinajstić information content (AvgIpc) is 3.76. The van der Waals surface area contributed by atoms with Gasteiger partial charge in [0, 0.05) is 5.92 Å². The van der Waals surface area contributed by atoms with Crippen LogP contribution >= 0.6 is 0 Å². The molecule has 0 aromatic rings. The highest BCUT2D eigenvalue weighted by Gasteiger charge is 2.39. The molecule has 0 saturated heterocycles. The van der Waals surface area contributed by atoms with Crippen molar-refractivity contribution < 1.29 is 19.8 Å². The molecule has 3 atom stereocenters. The zero-order valence-electron chi connectivity index (χ0n) is 30.9. The SMILES string of the molecule is C=C/C(C)=C(\CC1=C(C)C(=O)C(O)CC1(C)C)C(=C=C1CC1/C=C/C=C/C(C)=C=C/C=C(C)/C=C/C1=C(C)C(=O)C(O)CC1(C)C)CC. The number of ketones is 2. The van der Waals surface area contributed by atoms with Gasteiger partial charge >= 0.3 is 0 Å². The smallest absolute Gasteiger partial charge is 0.187 e. The molecule has 0 heterocycles. The number of Topliss-reactive ketones (excluding diaryl/α,β-unsaturated/α-hetero) is 2. The molecule has 3 aliphatic carbocycles. The number of allylic oxidation sites excluding steroid dienone is 15. The minimum atomic E-state index is -0.925. The first kappa shape index (κ1) is 38.7. The normalized spacial score (nSPS) is 24.7. The number of rotatable bonds is 11. The number of hydrogen-bond acceptors (Lipinski definition) is 4. The number of carbonyl (C=O) groups excluding carboxylic acids is 2. The second-order valence-corrected chi connectivity index (χ2v) is 14.9. The first-order valence-electron chi connectivity index (χ1n) is 17.2. The highest BCUT2D eigenvalue weighted by atomic mass is 16.3. The summed E-state index contributed by atoms with van der Waals surface area (Å²) in [6.07, 6.45) is 19.7. The summed E-state index contributed by atoms with van der Waals surface area (Å²) in [6.45, 7) is 24.3. The summed E-state index contributed by atoms with van der Waals surface area (Å²) in [5.41, 5.74) is 16.7. The van der Waals surface area contributed by atoms with Gasteiger partial charge in [-0.25, -0.2) is 0 Å². The summed E-state index contributed by atoms with van der Waals surface area (Å²) in [7, 11) is 0. The molecular weight excluding hydrogens is 592 g/mol. The quantitative estimate of drug-likeness (QED) is 0.173. The van der Waals surface area contributed by atoms with E-state index < -0.39 is 12.2 Å². The molecule has 3 rings (SSSR count). The van der Waals surface area contributed by atoms with Crippen LogP contribution in [0.5, 0.6) is 0 Å². The van der Waals surface area contributed by atoms with Crippen LogP contribution in [0, 0.1) is 16.7 Å². The fourth-order valence-corrected chi connectivity index (χ4v) is 6.79. The largest absolute Gasteiger partial charge is 0.385 e. The van der Waals surface area contributed by atoms with E-state index in [-0.39, 0.29) is 22.4 Å². The third-order valence-corrected chi connectivity index (χ3v) is 10.0. The van der Waals surface area contributed by atoms with Crippen LogP contribution in [0.4, 0.5) is 0 Å². The Morgan fingerprint density at radius 2 is 1.56 bits per heavy atom. The zero-order chi connectivity index (χ0) is 36.0. The highest BCUT2D eigenvalue weighted by Crippen LogP contribution is 2.45. The molecule has 1 fully saturated rings. The molecule has 3 aliphatic rings. The van der Waals surface area contributed by atoms with Crippen LogP contribution < -0.4 is 0 Å². The minimum absolute atomic E-state index is 0.158. The van der Waals surface area contributed by atoms with Crippen LogP contribution in [0.15, 0.2) is 128 Å². The number of aliphatic hydroxyl groups excluding tert-OH is 2. The fraction of sp³-hybridized carbons (Fsp3) is 0.455. The van der Waals surface area contributed by atoms with E-state index >= 15 is 0 Å². The van der Waals surface area contributed by atoms with E-state index in [1.165, 1.54) is 11.1 Å². The van der Waals surface area contributed by atoms with Gasteiger partial charge in [0.2, 0.25) is 0 Å². The maximum absolute atomic E-state index is 12.7. The molecule has 0 aromatic heterocycles. The average molecular weight is 649 g/mol. The van der Waals surface area contributed by atoms with Crippen molar-refractivity contribution in [3.8, 4) is 0 Å². The molecule has 2 N–H and O–H groups in total. The predicted octanol–water partition coefficient (Wildman–Crippen LogP) is 9.83. The third kappa shape index (κ3) is 9.65. The van der Waals surface area contributed by atoms with Crippen LogP contribution in [0.3, 0.4) is 0 Å². The van der Waals surface area contributed by atoms with E-state index in [0.717, 1.165) is 46.3 Å². The lowest BCUT2D eigenvalue weighted by atomic mass is 9.68. The van der Waals surface area contributed by atoms with E-state index in [1.807, 2.05) is 63.3 Å². The summed E-state index contributed by atoms with van der Waals surface area (Å²) in [6, 6.07) is 0. The number of carbonyl (C=O) groups is 2. The zero-order valence-corrected chi connectivity index (χ0v) is 30.9. The van der Waals surface area contributed by atoms with Gasteiger partial charge in [-0.05, 0) is 128 Å². The number of hydrogen-bond donors (Lipinski definition) is 2. The molecule has 48 heavy (non-hydrogen) atoms. The first-order valence-corrected chi connectivity index (χ1v) is 17.2. The lowest BCUT2D eigenvalue weighted by molar-refractivity contribution is -0.126. The molecule has 0 aliphatic heterocycles. The summed E-state index contributed by atoms with van der Waals surface area (Å²) in [5, 5.41) is 20.4. The molecular formula is C44H56O4. The summed E-state index contributed by atoms with van der Waals surface area (Å²) < 4.78 is 0. The van der Waals surface area contributed by atoms with Crippen molar-refractivity contribution in [1.82, 2.24) is 0 Å². The van der Waals surface area contributed by atoms with E-state index in [0.29, 0.717) is 36.3 Å². The van der Waals surface area contributed by atoms with E-state index in [9.17, 15) is 19.8 Å². The topological polar surface area (TPSA) is 74.6 Å². The number of aliphatic hydroxyl groups is 2. The van der Waals surface area contributed by atoms with Crippen molar-refractivity contribution in [1.29, 1.82) is 0 Å². The Kier molecular flexibility index (Phi) is 13.0. The van der Waals surface area contributed by atoms with Gasteiger partial charge in [0.15, 0.2) is 11.6 Å². The Balaban J connectivity index is 1.71. The molecule has 1 saturated carbocycles. The monoisotopic (exact) mass is 648 g/mol. The Labute approximate surface area is 289 Å². The van der Waals surface area contributed by atoms with Gasteiger partial charge in [0.25, 0.3) is 0 Å². The maximum atomic E-state index is 12.7. The van der Waals surface area contributed by atoms with Crippen molar-refractivity contribution in [2.45, 2.75) is 114 Å². The fourth-order valence-electron chi connectivity index (χ4n) is 6.79. The summed E-state index contributed by atoms with van der Waals surface area (Å²) in [5.74, 6) is 0.0317. The van der Waals surface area contributed by atoms with Gasteiger partial charge in [-0.15, -0.1) is 11.5 Å². The molecule has 4 heteroatoms. The van der Waals surface area contributed by atoms with Gasteiger partial charge in [-0.2, -0.15) is 0 Å². The van der Waals surface area contributed by atoms with Crippen LogP contribution in [0.25, 0.3) is 0 Å². The molecule has 0 bridgehead atoms. The van der Waals surface area contributed by atoms with Gasteiger partial charge in [0.05, 0.1) is 0 Å². The Bertz CT molecular complexity index is 1690. The van der Waals surface area contributed by atoms with E-state index in [1.54, 1.807) is 6.92 Å². The van der Waals surface area contributed by atoms with Crippen molar-refractivity contribution in [2.75, 3.05) is 0 Å². The van der Waals surface area contributed by atoms with Gasteiger partial charge < -0.3 is 10.2 Å². The highest BCUT2D eigenvalue weighted by molar-refractivity contribution is 6.01. The lowest BCUT2D eigenvalue weighted by Crippen LogP contribution is -2.36. The Morgan fingerprint density at radius 1 is 0.938 bits per heavy atom. The van der Waals surface area contributed by atoms with Crippen LogP contribution in [-0.4, -0.2) is 34.0 Å². The van der Waals surface area contributed by atoms with Gasteiger partial charge in [0.1, 0.15) is 12.2 Å².